The van der Waals surface area contributed by atoms with Gasteiger partial charge in [0.15, 0.2) is 11.5 Å². The van der Waals surface area contributed by atoms with Crippen molar-refractivity contribution in [3.63, 3.8) is 0 Å². The third kappa shape index (κ3) is 2.48. The molecule has 1 aromatic heterocycles. The average molecular weight is 271 g/mol. The lowest BCUT2D eigenvalue weighted by Crippen LogP contribution is -2.49. The van der Waals surface area contributed by atoms with Crippen LogP contribution < -0.4 is 10.2 Å². The van der Waals surface area contributed by atoms with Crippen LogP contribution in [-0.2, 0) is 0 Å². The van der Waals surface area contributed by atoms with E-state index in [0.29, 0.717) is 23.8 Å². The standard InChI is InChI=1S/C15H21N5/c1-2-7-20(15-14(10-16)17-5-6-18-15)13-8-11-3-4-12(9-13)19-11/h5-6,11-13,19H,2-4,7-9H2,1H3. The predicted molar refractivity (Wildman–Crippen MR) is 77.4 cm³/mol. The van der Waals surface area contributed by atoms with Crippen LogP contribution in [0.1, 0.15) is 44.7 Å². The Bertz CT molecular complexity index is 497. The van der Waals surface area contributed by atoms with Gasteiger partial charge in [-0.1, -0.05) is 6.92 Å². The molecule has 2 fully saturated rings. The molecule has 20 heavy (non-hydrogen) atoms. The van der Waals surface area contributed by atoms with Crippen LogP contribution in [0.5, 0.6) is 0 Å². The van der Waals surface area contributed by atoms with E-state index in [1.807, 2.05) is 0 Å². The number of nitrogens with one attached hydrogen (secondary N) is 1. The summed E-state index contributed by atoms with van der Waals surface area (Å²) >= 11 is 0. The minimum Gasteiger partial charge on any atom is -0.351 e. The third-order valence-electron chi connectivity index (χ3n) is 4.41. The molecule has 2 unspecified atom stereocenters. The first-order valence-corrected chi connectivity index (χ1v) is 7.55. The molecule has 0 radical (unpaired) electrons. The zero-order valence-corrected chi connectivity index (χ0v) is 11.9. The lowest BCUT2D eigenvalue weighted by atomic mass is 9.97. The Labute approximate surface area is 120 Å². The van der Waals surface area contributed by atoms with E-state index in [0.717, 1.165) is 31.6 Å². The van der Waals surface area contributed by atoms with Gasteiger partial charge < -0.3 is 10.2 Å². The minimum absolute atomic E-state index is 0.451. The van der Waals surface area contributed by atoms with Gasteiger partial charge in [0.25, 0.3) is 0 Å². The lowest BCUT2D eigenvalue weighted by Gasteiger charge is -2.38. The molecule has 0 spiro atoms. The molecule has 0 aliphatic carbocycles. The van der Waals surface area contributed by atoms with Crippen LogP contribution in [0.2, 0.25) is 0 Å². The minimum atomic E-state index is 0.451. The summed E-state index contributed by atoms with van der Waals surface area (Å²) in [5, 5.41) is 12.9. The quantitative estimate of drug-likeness (QED) is 0.905. The Morgan fingerprint density at radius 2 is 2.00 bits per heavy atom. The number of nitriles is 1. The number of nitrogens with zero attached hydrogens (tertiary/aromatic N) is 4. The number of fused-ring (bicyclic) bond motifs is 2. The third-order valence-corrected chi connectivity index (χ3v) is 4.41. The topological polar surface area (TPSA) is 64.8 Å². The Morgan fingerprint density at radius 3 is 2.65 bits per heavy atom. The molecule has 0 amide bonds. The van der Waals surface area contributed by atoms with Crippen molar-refractivity contribution in [3.8, 4) is 6.07 Å². The van der Waals surface area contributed by atoms with Crippen molar-refractivity contribution in [2.75, 3.05) is 11.4 Å². The molecule has 5 nitrogen and oxygen atoms in total. The number of anilines is 1. The molecule has 0 saturated carbocycles. The smallest absolute Gasteiger partial charge is 0.183 e. The fraction of sp³-hybridized carbons (Fsp3) is 0.667. The molecule has 2 saturated heterocycles. The van der Waals surface area contributed by atoms with E-state index in [9.17, 15) is 5.26 Å². The van der Waals surface area contributed by atoms with E-state index < -0.39 is 0 Å². The van der Waals surface area contributed by atoms with E-state index in [-0.39, 0.29) is 0 Å². The van der Waals surface area contributed by atoms with Crippen LogP contribution in [0.4, 0.5) is 5.82 Å². The average Bonchev–Trinajstić information content (AvgIpc) is 2.83. The van der Waals surface area contributed by atoms with Crippen molar-refractivity contribution in [1.29, 1.82) is 5.26 Å². The molecule has 2 aliphatic rings. The normalized spacial score (nSPS) is 28.1. The summed E-state index contributed by atoms with van der Waals surface area (Å²) in [6.07, 6.45) is 9.21. The summed E-state index contributed by atoms with van der Waals surface area (Å²) in [4.78, 5) is 10.9. The molecule has 3 rings (SSSR count). The van der Waals surface area contributed by atoms with E-state index in [4.69, 9.17) is 0 Å². The second kappa shape index (κ2) is 5.76. The highest BCUT2D eigenvalue weighted by Gasteiger charge is 2.36. The molecule has 2 aliphatic heterocycles. The number of rotatable bonds is 4. The Balaban J connectivity index is 1.87. The van der Waals surface area contributed by atoms with Gasteiger partial charge >= 0.3 is 0 Å². The fourth-order valence-corrected chi connectivity index (χ4v) is 3.60. The molecule has 3 heterocycles. The Hall–Kier alpha value is -1.67. The van der Waals surface area contributed by atoms with Crippen molar-refractivity contribution in [3.05, 3.63) is 18.1 Å². The molecule has 5 heteroatoms. The van der Waals surface area contributed by atoms with Crippen molar-refractivity contribution in [1.82, 2.24) is 15.3 Å². The van der Waals surface area contributed by atoms with Crippen molar-refractivity contribution in [2.45, 2.75) is 57.2 Å². The molecule has 0 aromatic carbocycles. The Morgan fingerprint density at radius 1 is 1.30 bits per heavy atom. The van der Waals surface area contributed by atoms with Crippen LogP contribution in [0.25, 0.3) is 0 Å². The maximum absolute atomic E-state index is 9.26. The summed E-state index contributed by atoms with van der Waals surface area (Å²) in [6, 6.07) is 3.94. The van der Waals surface area contributed by atoms with Crippen LogP contribution in [-0.4, -0.2) is 34.6 Å². The first kappa shape index (κ1) is 13.3. The zero-order valence-electron chi connectivity index (χ0n) is 11.9. The van der Waals surface area contributed by atoms with Crippen molar-refractivity contribution >= 4 is 5.82 Å². The van der Waals surface area contributed by atoms with Gasteiger partial charge in [0.1, 0.15) is 6.07 Å². The van der Waals surface area contributed by atoms with E-state index in [1.165, 1.54) is 12.8 Å². The van der Waals surface area contributed by atoms with Gasteiger partial charge in [0, 0.05) is 37.1 Å². The van der Waals surface area contributed by atoms with Crippen molar-refractivity contribution in [2.24, 2.45) is 0 Å². The van der Waals surface area contributed by atoms with Gasteiger partial charge in [-0.25, -0.2) is 9.97 Å². The predicted octanol–water partition coefficient (Wildman–Crippen LogP) is 1.85. The maximum Gasteiger partial charge on any atom is 0.183 e. The molecular formula is C15H21N5. The second-order valence-corrected chi connectivity index (χ2v) is 5.80. The van der Waals surface area contributed by atoms with E-state index >= 15 is 0 Å². The van der Waals surface area contributed by atoms with Gasteiger partial charge in [-0.15, -0.1) is 0 Å². The van der Waals surface area contributed by atoms with Crippen LogP contribution in [0.3, 0.4) is 0 Å². The monoisotopic (exact) mass is 271 g/mol. The number of piperidine rings is 1. The summed E-state index contributed by atoms with van der Waals surface area (Å²) in [6.45, 7) is 3.11. The summed E-state index contributed by atoms with van der Waals surface area (Å²) < 4.78 is 0. The summed E-state index contributed by atoms with van der Waals surface area (Å²) in [5.74, 6) is 0.767. The zero-order chi connectivity index (χ0) is 13.9. The van der Waals surface area contributed by atoms with Gasteiger partial charge in [0.2, 0.25) is 0 Å². The Kier molecular flexibility index (Phi) is 3.83. The van der Waals surface area contributed by atoms with Gasteiger partial charge in [-0.3, -0.25) is 0 Å². The van der Waals surface area contributed by atoms with Gasteiger partial charge in [0.05, 0.1) is 0 Å². The first-order chi connectivity index (χ1) is 9.81. The summed E-state index contributed by atoms with van der Waals surface area (Å²) in [5.41, 5.74) is 0.451. The SMILES string of the molecule is CCCN(c1nccnc1C#N)C1CC2CCC(C1)N2. The van der Waals surface area contributed by atoms with E-state index in [1.54, 1.807) is 12.4 Å². The van der Waals surface area contributed by atoms with Crippen LogP contribution >= 0.6 is 0 Å². The highest BCUT2D eigenvalue weighted by atomic mass is 15.2. The highest BCUT2D eigenvalue weighted by Crippen LogP contribution is 2.32. The molecule has 2 bridgehead atoms. The second-order valence-electron chi connectivity index (χ2n) is 5.80. The highest BCUT2D eigenvalue weighted by molar-refractivity contribution is 5.50. The molecular weight excluding hydrogens is 250 g/mol. The number of aromatic nitrogens is 2. The lowest BCUT2D eigenvalue weighted by molar-refractivity contribution is 0.345. The van der Waals surface area contributed by atoms with Gasteiger partial charge in [-0.2, -0.15) is 5.26 Å². The molecule has 106 valence electrons. The molecule has 1 N–H and O–H groups in total. The number of hydrogen-bond acceptors (Lipinski definition) is 5. The first-order valence-electron chi connectivity index (χ1n) is 7.55. The molecule has 2 atom stereocenters. The molecule has 1 aromatic rings. The van der Waals surface area contributed by atoms with E-state index in [2.05, 4.69) is 33.2 Å². The maximum atomic E-state index is 9.26. The number of hydrogen-bond donors (Lipinski definition) is 1. The summed E-state index contributed by atoms with van der Waals surface area (Å²) in [7, 11) is 0. The van der Waals surface area contributed by atoms with Crippen molar-refractivity contribution < 1.29 is 0 Å². The largest absolute Gasteiger partial charge is 0.351 e. The van der Waals surface area contributed by atoms with Gasteiger partial charge in [-0.05, 0) is 32.1 Å². The van der Waals surface area contributed by atoms with Crippen LogP contribution in [0.15, 0.2) is 12.4 Å². The fourth-order valence-electron chi connectivity index (χ4n) is 3.60. The van der Waals surface area contributed by atoms with Crippen LogP contribution in [0, 0.1) is 11.3 Å².